The van der Waals surface area contributed by atoms with Crippen molar-refractivity contribution in [3.63, 3.8) is 0 Å². The van der Waals surface area contributed by atoms with Crippen molar-refractivity contribution in [1.82, 2.24) is 20.3 Å². The monoisotopic (exact) mass is 289 g/mol. The van der Waals surface area contributed by atoms with Crippen molar-refractivity contribution in [2.75, 3.05) is 0 Å². The van der Waals surface area contributed by atoms with Gasteiger partial charge in [0.2, 0.25) is 0 Å². The summed E-state index contributed by atoms with van der Waals surface area (Å²) in [6, 6.07) is 2.31. The van der Waals surface area contributed by atoms with E-state index in [4.69, 9.17) is 0 Å². The van der Waals surface area contributed by atoms with Crippen LogP contribution in [0.15, 0.2) is 6.20 Å². The average molecular weight is 289 g/mol. The molecule has 0 radical (unpaired) electrons. The van der Waals surface area contributed by atoms with E-state index in [2.05, 4.69) is 21.7 Å². The van der Waals surface area contributed by atoms with Gasteiger partial charge in [-0.15, -0.1) is 5.10 Å². The van der Waals surface area contributed by atoms with Crippen LogP contribution in [0.5, 0.6) is 0 Å². The van der Waals surface area contributed by atoms with Gasteiger partial charge in [-0.3, -0.25) is 4.79 Å². The van der Waals surface area contributed by atoms with Crippen LogP contribution in [0.25, 0.3) is 0 Å². The van der Waals surface area contributed by atoms with Gasteiger partial charge in [-0.1, -0.05) is 30.9 Å². The van der Waals surface area contributed by atoms with Crippen molar-refractivity contribution in [2.45, 2.75) is 70.4 Å². The molecule has 114 valence electrons. The van der Waals surface area contributed by atoms with Gasteiger partial charge in [0, 0.05) is 0 Å². The third kappa shape index (κ3) is 3.60. The van der Waals surface area contributed by atoms with Crippen molar-refractivity contribution in [1.29, 1.82) is 5.26 Å². The van der Waals surface area contributed by atoms with E-state index >= 15 is 0 Å². The smallest absolute Gasteiger partial charge is 0.274 e. The van der Waals surface area contributed by atoms with Gasteiger partial charge in [-0.2, -0.15) is 5.26 Å². The number of aromatic nitrogens is 3. The van der Waals surface area contributed by atoms with E-state index in [0.717, 1.165) is 25.7 Å². The second kappa shape index (κ2) is 5.84. The van der Waals surface area contributed by atoms with Gasteiger partial charge in [-0.25, -0.2) is 4.68 Å². The molecule has 1 aliphatic rings. The van der Waals surface area contributed by atoms with Crippen molar-refractivity contribution in [3.05, 3.63) is 11.9 Å². The highest BCUT2D eigenvalue weighted by atomic mass is 16.2. The van der Waals surface area contributed by atoms with E-state index in [9.17, 15) is 10.1 Å². The average Bonchev–Trinajstić information content (AvgIpc) is 2.82. The number of nitriles is 1. The van der Waals surface area contributed by atoms with Crippen LogP contribution in [0, 0.1) is 11.3 Å². The number of carbonyl (C=O) groups excluding carboxylic acids is 1. The van der Waals surface area contributed by atoms with Crippen molar-refractivity contribution in [3.8, 4) is 6.07 Å². The van der Waals surface area contributed by atoms with Crippen LogP contribution in [0.2, 0.25) is 0 Å². The zero-order chi connectivity index (χ0) is 15.5. The third-order valence-corrected chi connectivity index (χ3v) is 3.94. The first kappa shape index (κ1) is 15.5. The second-order valence-corrected chi connectivity index (χ2v) is 6.78. The molecule has 1 fully saturated rings. The van der Waals surface area contributed by atoms with Crippen LogP contribution in [0.4, 0.5) is 0 Å². The summed E-state index contributed by atoms with van der Waals surface area (Å²) in [7, 11) is 0. The fraction of sp³-hybridized carbons (Fsp3) is 0.733. The van der Waals surface area contributed by atoms with Crippen molar-refractivity contribution in [2.24, 2.45) is 0 Å². The summed E-state index contributed by atoms with van der Waals surface area (Å²) < 4.78 is 1.66. The van der Waals surface area contributed by atoms with Gasteiger partial charge in [0.05, 0.1) is 17.8 Å². The summed E-state index contributed by atoms with van der Waals surface area (Å²) in [5.41, 5.74) is -0.705. The molecule has 0 unspecified atom stereocenters. The van der Waals surface area contributed by atoms with Gasteiger partial charge in [0.1, 0.15) is 5.54 Å². The van der Waals surface area contributed by atoms with Gasteiger partial charge in [-0.05, 0) is 33.6 Å². The molecule has 1 aromatic heterocycles. The van der Waals surface area contributed by atoms with Crippen LogP contribution < -0.4 is 5.32 Å². The Kier molecular flexibility index (Phi) is 4.31. The molecule has 0 bridgehead atoms. The summed E-state index contributed by atoms with van der Waals surface area (Å²) in [5, 5.41) is 20.3. The summed E-state index contributed by atoms with van der Waals surface area (Å²) in [6.45, 7) is 5.97. The summed E-state index contributed by atoms with van der Waals surface area (Å²) in [4.78, 5) is 12.4. The predicted molar refractivity (Wildman–Crippen MR) is 78.5 cm³/mol. The number of rotatable bonds is 2. The summed E-state index contributed by atoms with van der Waals surface area (Å²) in [5.74, 6) is -0.311. The molecule has 0 spiro atoms. The highest BCUT2D eigenvalue weighted by Gasteiger charge is 2.33. The van der Waals surface area contributed by atoms with Crippen molar-refractivity contribution >= 4 is 5.91 Å². The molecule has 1 amide bonds. The van der Waals surface area contributed by atoms with E-state index in [1.807, 2.05) is 20.8 Å². The predicted octanol–water partition coefficient (Wildman–Crippen LogP) is 2.38. The summed E-state index contributed by atoms with van der Waals surface area (Å²) >= 11 is 0. The minimum atomic E-state index is -0.751. The van der Waals surface area contributed by atoms with Crippen LogP contribution in [0.1, 0.15) is 69.8 Å². The Morgan fingerprint density at radius 1 is 1.33 bits per heavy atom. The van der Waals surface area contributed by atoms with Gasteiger partial charge >= 0.3 is 0 Å². The van der Waals surface area contributed by atoms with E-state index in [1.54, 1.807) is 10.9 Å². The Morgan fingerprint density at radius 2 is 1.95 bits per heavy atom. The topological polar surface area (TPSA) is 83.6 Å². The fourth-order valence-electron chi connectivity index (χ4n) is 2.57. The molecule has 1 heterocycles. The maximum Gasteiger partial charge on any atom is 0.274 e. The molecule has 2 rings (SSSR count). The Labute approximate surface area is 125 Å². The lowest BCUT2D eigenvalue weighted by atomic mass is 9.92. The number of hydrogen-bond donors (Lipinski definition) is 1. The first-order valence-corrected chi connectivity index (χ1v) is 7.53. The van der Waals surface area contributed by atoms with E-state index in [0.29, 0.717) is 12.8 Å². The number of amides is 1. The zero-order valence-electron chi connectivity index (χ0n) is 13.0. The van der Waals surface area contributed by atoms with Crippen LogP contribution in [0.3, 0.4) is 0 Å². The first-order valence-electron chi connectivity index (χ1n) is 7.53. The van der Waals surface area contributed by atoms with E-state index in [1.165, 1.54) is 0 Å². The van der Waals surface area contributed by atoms with Crippen molar-refractivity contribution < 1.29 is 4.79 Å². The molecule has 0 aromatic carbocycles. The van der Waals surface area contributed by atoms with Crippen LogP contribution >= 0.6 is 0 Å². The maximum absolute atomic E-state index is 12.4. The molecule has 21 heavy (non-hydrogen) atoms. The number of nitrogens with one attached hydrogen (secondary N) is 1. The summed E-state index contributed by atoms with van der Waals surface area (Å²) in [6.07, 6.45) is 7.26. The lowest BCUT2D eigenvalue weighted by Gasteiger charge is -2.25. The van der Waals surface area contributed by atoms with Gasteiger partial charge < -0.3 is 5.32 Å². The molecule has 6 nitrogen and oxygen atoms in total. The Balaban J connectivity index is 2.13. The Bertz CT molecular complexity index is 541. The maximum atomic E-state index is 12.4. The van der Waals surface area contributed by atoms with Crippen LogP contribution in [-0.2, 0) is 5.54 Å². The zero-order valence-corrected chi connectivity index (χ0v) is 13.0. The molecular weight excluding hydrogens is 266 g/mol. The SMILES string of the molecule is CC(C)(C)n1cc(C(=O)NC2(C#N)CCCCCC2)nn1. The largest absolute Gasteiger partial charge is 0.332 e. The molecule has 1 saturated carbocycles. The Morgan fingerprint density at radius 3 is 2.43 bits per heavy atom. The fourth-order valence-corrected chi connectivity index (χ4v) is 2.57. The molecule has 6 heteroatoms. The number of nitrogens with zero attached hydrogens (tertiary/aromatic N) is 4. The standard InChI is InChI=1S/C15H23N5O/c1-14(2,3)20-10-12(18-19-20)13(21)17-15(11-16)8-6-4-5-7-9-15/h10H,4-9H2,1-3H3,(H,17,21). The normalized spacial score (nSPS) is 18.6. The second-order valence-electron chi connectivity index (χ2n) is 6.78. The molecule has 0 saturated heterocycles. The lowest BCUT2D eigenvalue weighted by Crippen LogP contribution is -2.47. The number of carbonyl (C=O) groups is 1. The lowest BCUT2D eigenvalue weighted by molar-refractivity contribution is 0.0907. The first-order chi connectivity index (χ1) is 9.86. The highest BCUT2D eigenvalue weighted by molar-refractivity contribution is 5.92. The molecule has 1 aliphatic carbocycles. The third-order valence-electron chi connectivity index (χ3n) is 3.94. The van der Waals surface area contributed by atoms with Gasteiger partial charge in [0.25, 0.3) is 5.91 Å². The van der Waals surface area contributed by atoms with E-state index in [-0.39, 0.29) is 17.1 Å². The minimum Gasteiger partial charge on any atom is -0.332 e. The van der Waals surface area contributed by atoms with Crippen LogP contribution in [-0.4, -0.2) is 26.4 Å². The molecule has 1 N–H and O–H groups in total. The highest BCUT2D eigenvalue weighted by Crippen LogP contribution is 2.26. The van der Waals surface area contributed by atoms with E-state index < -0.39 is 5.54 Å². The minimum absolute atomic E-state index is 0.221. The molecule has 0 aliphatic heterocycles. The quantitative estimate of drug-likeness (QED) is 0.847. The van der Waals surface area contributed by atoms with Gasteiger partial charge in [0.15, 0.2) is 5.69 Å². The molecule has 0 atom stereocenters. The molecule has 1 aromatic rings. The number of hydrogen-bond acceptors (Lipinski definition) is 4. The Hall–Kier alpha value is -1.90. The molecular formula is C15H23N5O.